The zero-order chi connectivity index (χ0) is 12.6. The molecule has 0 saturated heterocycles. The molecule has 1 aliphatic heterocycles. The number of rotatable bonds is 4. The lowest BCUT2D eigenvalue weighted by atomic mass is 10.00. The normalized spacial score (nSPS) is 23.1. The molecule has 2 aliphatic rings. The number of para-hydroxylation sites is 1. The molecule has 18 heavy (non-hydrogen) atoms. The Hall–Kier alpha value is -1.55. The predicted molar refractivity (Wildman–Crippen MR) is 66.4 cm³/mol. The van der Waals surface area contributed by atoms with Crippen molar-refractivity contribution in [3.63, 3.8) is 0 Å². The van der Waals surface area contributed by atoms with Gasteiger partial charge >= 0.3 is 0 Å². The Bertz CT molecular complexity index is 468. The first-order valence-corrected chi connectivity index (χ1v) is 6.34. The number of ether oxygens (including phenoxy) is 1. The quantitative estimate of drug-likeness (QED) is 0.836. The third-order valence-electron chi connectivity index (χ3n) is 3.95. The number of aliphatic hydroxyl groups is 1. The lowest BCUT2D eigenvalue weighted by molar-refractivity contribution is -0.123. The van der Waals surface area contributed by atoms with E-state index in [-0.39, 0.29) is 23.8 Å². The molecule has 0 aromatic heterocycles. The molecule has 1 aromatic rings. The second-order valence-electron chi connectivity index (χ2n) is 5.28. The minimum atomic E-state index is -0.212. The average molecular weight is 247 g/mol. The first-order chi connectivity index (χ1) is 8.74. The molecule has 1 fully saturated rings. The molecule has 1 aliphatic carbocycles. The Balaban J connectivity index is 1.64. The smallest absolute Gasteiger partial charge is 0.231 e. The standard InChI is InChI=1S/C14H17NO3/c16-9-14(5-6-14)8-15-13(17)11-7-18-12-4-2-1-3-10(11)12/h1-4,11,16H,5-9H2,(H,15,17). The van der Waals surface area contributed by atoms with E-state index in [9.17, 15) is 9.90 Å². The van der Waals surface area contributed by atoms with Crippen LogP contribution in [-0.2, 0) is 4.79 Å². The van der Waals surface area contributed by atoms with Gasteiger partial charge in [0.05, 0.1) is 6.61 Å². The maximum atomic E-state index is 12.1. The van der Waals surface area contributed by atoms with Gasteiger partial charge in [-0.2, -0.15) is 0 Å². The van der Waals surface area contributed by atoms with Crippen molar-refractivity contribution in [1.82, 2.24) is 5.32 Å². The molecule has 0 bridgehead atoms. The molecular formula is C14H17NO3. The highest BCUT2D eigenvalue weighted by Gasteiger charge is 2.42. The molecular weight excluding hydrogens is 230 g/mol. The van der Waals surface area contributed by atoms with Crippen LogP contribution in [-0.4, -0.2) is 30.8 Å². The van der Waals surface area contributed by atoms with Crippen LogP contribution in [0.4, 0.5) is 0 Å². The van der Waals surface area contributed by atoms with Gasteiger partial charge in [0.1, 0.15) is 18.3 Å². The van der Waals surface area contributed by atoms with E-state index in [1.165, 1.54) is 0 Å². The summed E-state index contributed by atoms with van der Waals surface area (Å²) >= 11 is 0. The Morgan fingerprint density at radius 3 is 2.94 bits per heavy atom. The fraction of sp³-hybridized carbons (Fsp3) is 0.500. The summed E-state index contributed by atoms with van der Waals surface area (Å²) in [5.41, 5.74) is 0.915. The molecule has 4 heteroatoms. The van der Waals surface area contributed by atoms with Gasteiger partial charge in [0.15, 0.2) is 0 Å². The molecule has 96 valence electrons. The van der Waals surface area contributed by atoms with E-state index in [2.05, 4.69) is 5.32 Å². The molecule has 1 atom stereocenters. The fourth-order valence-electron chi connectivity index (χ4n) is 2.35. The number of fused-ring (bicyclic) bond motifs is 1. The minimum absolute atomic E-state index is 0.000301. The average Bonchev–Trinajstić information content (AvgIpc) is 3.07. The molecule has 0 radical (unpaired) electrons. The topological polar surface area (TPSA) is 58.6 Å². The van der Waals surface area contributed by atoms with Crippen molar-refractivity contribution >= 4 is 5.91 Å². The van der Waals surface area contributed by atoms with Crippen molar-refractivity contribution < 1.29 is 14.6 Å². The van der Waals surface area contributed by atoms with Crippen LogP contribution in [0.5, 0.6) is 5.75 Å². The number of carbonyl (C=O) groups excluding carboxylic acids is 1. The zero-order valence-electron chi connectivity index (χ0n) is 10.2. The van der Waals surface area contributed by atoms with Crippen LogP contribution in [0, 0.1) is 5.41 Å². The van der Waals surface area contributed by atoms with Crippen LogP contribution in [0.25, 0.3) is 0 Å². The molecule has 0 spiro atoms. The summed E-state index contributed by atoms with van der Waals surface area (Å²) in [4.78, 5) is 12.1. The summed E-state index contributed by atoms with van der Waals surface area (Å²) < 4.78 is 5.50. The maximum absolute atomic E-state index is 12.1. The molecule has 1 aromatic carbocycles. The van der Waals surface area contributed by atoms with Gasteiger partial charge in [-0.1, -0.05) is 18.2 Å². The van der Waals surface area contributed by atoms with Crippen LogP contribution in [0.15, 0.2) is 24.3 Å². The van der Waals surface area contributed by atoms with Gasteiger partial charge in [-0.25, -0.2) is 0 Å². The second kappa shape index (κ2) is 4.28. The molecule has 4 nitrogen and oxygen atoms in total. The number of nitrogens with one attached hydrogen (secondary N) is 1. The Morgan fingerprint density at radius 1 is 1.44 bits per heavy atom. The van der Waals surface area contributed by atoms with E-state index in [4.69, 9.17) is 4.74 Å². The maximum Gasteiger partial charge on any atom is 0.231 e. The summed E-state index contributed by atoms with van der Waals surface area (Å²) in [5.74, 6) is 0.594. The van der Waals surface area contributed by atoms with Crippen LogP contribution >= 0.6 is 0 Å². The van der Waals surface area contributed by atoms with E-state index in [0.717, 1.165) is 24.2 Å². The second-order valence-corrected chi connectivity index (χ2v) is 5.28. The minimum Gasteiger partial charge on any atom is -0.492 e. The first kappa shape index (κ1) is 11.5. The summed E-state index contributed by atoms with van der Waals surface area (Å²) in [6.45, 7) is 1.14. The van der Waals surface area contributed by atoms with Gasteiger partial charge in [-0.05, 0) is 18.9 Å². The highest BCUT2D eigenvalue weighted by Crippen LogP contribution is 2.44. The van der Waals surface area contributed by atoms with Crippen molar-refractivity contribution in [3.8, 4) is 5.75 Å². The van der Waals surface area contributed by atoms with Gasteiger partial charge < -0.3 is 15.2 Å². The molecule has 1 unspecified atom stereocenters. The highest BCUT2D eigenvalue weighted by molar-refractivity contribution is 5.85. The van der Waals surface area contributed by atoms with Crippen molar-refractivity contribution in [3.05, 3.63) is 29.8 Å². The summed E-state index contributed by atoms with van der Waals surface area (Å²) in [7, 11) is 0. The van der Waals surface area contributed by atoms with E-state index in [1.54, 1.807) is 0 Å². The summed E-state index contributed by atoms with van der Waals surface area (Å²) in [6, 6.07) is 7.65. The monoisotopic (exact) mass is 247 g/mol. The van der Waals surface area contributed by atoms with Crippen LogP contribution in [0.2, 0.25) is 0 Å². The number of hydrogen-bond donors (Lipinski definition) is 2. The lowest BCUT2D eigenvalue weighted by Gasteiger charge is -2.15. The van der Waals surface area contributed by atoms with Gasteiger partial charge in [0, 0.05) is 17.5 Å². The van der Waals surface area contributed by atoms with E-state index < -0.39 is 0 Å². The van der Waals surface area contributed by atoms with Gasteiger partial charge in [0.2, 0.25) is 5.91 Å². The predicted octanol–water partition coefficient (Wildman–Crippen LogP) is 1.05. The van der Waals surface area contributed by atoms with Crippen LogP contribution < -0.4 is 10.1 Å². The Labute approximate surface area is 106 Å². The van der Waals surface area contributed by atoms with Gasteiger partial charge in [-0.15, -0.1) is 0 Å². The molecule has 1 saturated carbocycles. The van der Waals surface area contributed by atoms with Crippen LogP contribution in [0.3, 0.4) is 0 Å². The first-order valence-electron chi connectivity index (χ1n) is 6.34. The Morgan fingerprint density at radius 2 is 2.22 bits per heavy atom. The molecule has 3 rings (SSSR count). The number of benzene rings is 1. The fourth-order valence-corrected chi connectivity index (χ4v) is 2.35. The van der Waals surface area contributed by atoms with E-state index in [1.807, 2.05) is 24.3 Å². The molecule has 1 heterocycles. The highest BCUT2D eigenvalue weighted by atomic mass is 16.5. The molecule has 1 amide bonds. The van der Waals surface area contributed by atoms with Gasteiger partial charge in [0.25, 0.3) is 0 Å². The lowest BCUT2D eigenvalue weighted by Crippen LogP contribution is -2.35. The van der Waals surface area contributed by atoms with Crippen molar-refractivity contribution in [2.24, 2.45) is 5.41 Å². The largest absolute Gasteiger partial charge is 0.492 e. The van der Waals surface area contributed by atoms with Crippen molar-refractivity contribution in [2.75, 3.05) is 19.8 Å². The van der Waals surface area contributed by atoms with Crippen LogP contribution in [0.1, 0.15) is 24.3 Å². The SMILES string of the molecule is O=C(NCC1(CO)CC1)C1COc2ccccc21. The van der Waals surface area contributed by atoms with E-state index >= 15 is 0 Å². The summed E-state index contributed by atoms with van der Waals surface area (Å²) in [6.07, 6.45) is 2.00. The number of aliphatic hydroxyl groups excluding tert-OH is 1. The van der Waals surface area contributed by atoms with Crippen molar-refractivity contribution in [2.45, 2.75) is 18.8 Å². The molecule has 2 N–H and O–H groups in total. The third kappa shape index (κ3) is 1.97. The third-order valence-corrected chi connectivity index (χ3v) is 3.95. The number of hydrogen-bond acceptors (Lipinski definition) is 3. The Kier molecular flexibility index (Phi) is 2.74. The number of carbonyl (C=O) groups is 1. The number of amides is 1. The zero-order valence-corrected chi connectivity index (χ0v) is 10.2. The van der Waals surface area contributed by atoms with Crippen molar-refractivity contribution in [1.29, 1.82) is 0 Å². The summed E-state index contributed by atoms with van der Waals surface area (Å²) in [5, 5.41) is 12.2. The van der Waals surface area contributed by atoms with E-state index in [0.29, 0.717) is 13.2 Å². The van der Waals surface area contributed by atoms with Gasteiger partial charge in [-0.3, -0.25) is 4.79 Å².